The minimum atomic E-state index is 0.0977. The molecule has 1 saturated carbocycles. The van der Waals surface area contributed by atoms with Crippen molar-refractivity contribution in [1.29, 1.82) is 5.41 Å². The number of hydrogen-bond acceptors (Lipinski definition) is 6. The maximum atomic E-state index is 13.2. The second-order valence-electron chi connectivity index (χ2n) is 9.37. The molecule has 1 aliphatic carbocycles. The van der Waals surface area contributed by atoms with Gasteiger partial charge in [0.05, 0.1) is 0 Å². The lowest BCUT2D eigenvalue weighted by molar-refractivity contribution is -0.137. The third-order valence-electron chi connectivity index (χ3n) is 6.31. The van der Waals surface area contributed by atoms with E-state index in [2.05, 4.69) is 36.0 Å². The van der Waals surface area contributed by atoms with Crippen molar-refractivity contribution in [1.82, 2.24) is 15.1 Å². The first-order valence-corrected chi connectivity index (χ1v) is 11.9. The third kappa shape index (κ3) is 10.1. The standard InChI is InChI=1S/C24H47N5O2/c1-19(2)11-14-29(13-6-16-31-5)24(30)21-9-7-20(8-10-21)23(26)22(17-25)18-28(4)15-12-27-3/h17,19-21,25,27H,6-16,18,26H2,1-5H3. The van der Waals surface area contributed by atoms with Crippen LogP contribution in [-0.4, -0.2) is 82.5 Å². The van der Waals surface area contributed by atoms with Crippen LogP contribution in [0.25, 0.3) is 0 Å². The Morgan fingerprint density at radius 2 is 1.84 bits per heavy atom. The van der Waals surface area contributed by atoms with Crippen molar-refractivity contribution in [3.05, 3.63) is 11.3 Å². The molecule has 0 aliphatic heterocycles. The van der Waals surface area contributed by atoms with Gasteiger partial charge in [-0.2, -0.15) is 0 Å². The number of carbonyl (C=O) groups is 1. The molecule has 180 valence electrons. The van der Waals surface area contributed by atoms with Crippen LogP contribution in [0, 0.1) is 23.2 Å². The smallest absolute Gasteiger partial charge is 0.225 e. The summed E-state index contributed by atoms with van der Waals surface area (Å²) < 4.78 is 5.18. The molecule has 0 aromatic carbocycles. The number of amides is 1. The summed E-state index contributed by atoms with van der Waals surface area (Å²) in [5, 5.41) is 11.0. The predicted octanol–water partition coefficient (Wildman–Crippen LogP) is 2.72. The van der Waals surface area contributed by atoms with Gasteiger partial charge in [-0.25, -0.2) is 0 Å². The molecule has 0 heterocycles. The molecule has 0 radical (unpaired) electrons. The van der Waals surface area contributed by atoms with E-state index in [0.29, 0.717) is 25.0 Å². The molecular formula is C24H47N5O2. The molecule has 0 atom stereocenters. The second kappa shape index (κ2) is 15.4. The number of ether oxygens (including phenoxy) is 1. The average molecular weight is 438 g/mol. The van der Waals surface area contributed by atoms with Crippen LogP contribution in [0.5, 0.6) is 0 Å². The van der Waals surface area contributed by atoms with Gasteiger partial charge in [-0.1, -0.05) is 13.8 Å². The van der Waals surface area contributed by atoms with Gasteiger partial charge in [0.25, 0.3) is 0 Å². The van der Waals surface area contributed by atoms with Gasteiger partial charge in [-0.15, -0.1) is 0 Å². The van der Waals surface area contributed by atoms with Crippen molar-refractivity contribution in [2.24, 2.45) is 23.5 Å². The number of hydrogen-bond donors (Lipinski definition) is 3. The molecule has 7 heteroatoms. The van der Waals surface area contributed by atoms with E-state index in [-0.39, 0.29) is 11.8 Å². The fourth-order valence-corrected chi connectivity index (χ4v) is 4.21. The lowest BCUT2D eigenvalue weighted by atomic mass is 9.79. The minimum absolute atomic E-state index is 0.0977. The number of nitrogens with zero attached hydrogens (tertiary/aromatic N) is 2. The van der Waals surface area contributed by atoms with E-state index in [1.807, 2.05) is 7.05 Å². The van der Waals surface area contributed by atoms with Gasteiger partial charge in [0.2, 0.25) is 5.91 Å². The van der Waals surface area contributed by atoms with Gasteiger partial charge in [0.1, 0.15) is 0 Å². The molecule has 0 aromatic heterocycles. The zero-order valence-corrected chi connectivity index (χ0v) is 20.6. The number of carbonyl (C=O) groups excluding carboxylic acids is 1. The van der Waals surface area contributed by atoms with Crippen LogP contribution in [0.2, 0.25) is 0 Å². The first-order chi connectivity index (χ1) is 14.8. The van der Waals surface area contributed by atoms with Crippen LogP contribution >= 0.6 is 0 Å². The zero-order chi connectivity index (χ0) is 23.2. The van der Waals surface area contributed by atoms with Crippen molar-refractivity contribution in [3.63, 3.8) is 0 Å². The Balaban J connectivity index is 2.67. The first kappa shape index (κ1) is 27.6. The minimum Gasteiger partial charge on any atom is -0.402 e. The third-order valence-corrected chi connectivity index (χ3v) is 6.31. The second-order valence-corrected chi connectivity index (χ2v) is 9.37. The molecule has 0 bridgehead atoms. The van der Waals surface area contributed by atoms with Crippen molar-refractivity contribution < 1.29 is 9.53 Å². The maximum absolute atomic E-state index is 13.2. The Morgan fingerprint density at radius 3 is 2.39 bits per heavy atom. The van der Waals surface area contributed by atoms with Crippen LogP contribution in [0.15, 0.2) is 11.3 Å². The Labute approximate surface area is 190 Å². The van der Waals surface area contributed by atoms with E-state index in [9.17, 15) is 4.79 Å². The van der Waals surface area contributed by atoms with Gasteiger partial charge in [0, 0.05) is 69.8 Å². The van der Waals surface area contributed by atoms with E-state index in [4.69, 9.17) is 15.9 Å². The van der Waals surface area contributed by atoms with Crippen molar-refractivity contribution in [2.45, 2.75) is 52.4 Å². The normalized spacial score (nSPS) is 20.1. The van der Waals surface area contributed by atoms with Crippen LogP contribution in [0.4, 0.5) is 0 Å². The molecule has 1 rings (SSSR count). The Hall–Kier alpha value is -1.44. The van der Waals surface area contributed by atoms with E-state index in [1.165, 1.54) is 6.21 Å². The number of rotatable bonds is 15. The number of methoxy groups -OCH3 is 1. The average Bonchev–Trinajstić information content (AvgIpc) is 2.77. The van der Waals surface area contributed by atoms with Crippen molar-refractivity contribution >= 4 is 12.1 Å². The molecule has 1 aliphatic rings. The highest BCUT2D eigenvalue weighted by molar-refractivity contribution is 5.79. The SMILES string of the molecule is CNCCN(C)CC(C=N)=C(N)C1CCC(C(=O)N(CCCOC)CCC(C)C)CC1. The Kier molecular flexibility index (Phi) is 13.7. The van der Waals surface area contributed by atoms with Crippen molar-refractivity contribution in [2.75, 3.05) is 60.5 Å². The van der Waals surface area contributed by atoms with Crippen LogP contribution in [-0.2, 0) is 9.53 Å². The lowest BCUT2D eigenvalue weighted by Crippen LogP contribution is -2.40. The fourth-order valence-electron chi connectivity index (χ4n) is 4.21. The molecule has 31 heavy (non-hydrogen) atoms. The van der Waals surface area contributed by atoms with Crippen LogP contribution in [0.1, 0.15) is 52.4 Å². The quantitative estimate of drug-likeness (QED) is 0.270. The molecule has 1 fully saturated rings. The molecular weight excluding hydrogens is 390 g/mol. The van der Waals surface area contributed by atoms with Gasteiger partial charge >= 0.3 is 0 Å². The Morgan fingerprint density at radius 1 is 1.19 bits per heavy atom. The topological polar surface area (TPSA) is 94.7 Å². The summed E-state index contributed by atoms with van der Waals surface area (Å²) in [5.74, 6) is 1.26. The largest absolute Gasteiger partial charge is 0.402 e. The molecule has 0 unspecified atom stereocenters. The number of allylic oxidation sites excluding steroid dienone is 1. The summed E-state index contributed by atoms with van der Waals surface area (Å²) in [5.41, 5.74) is 8.25. The highest BCUT2D eigenvalue weighted by Gasteiger charge is 2.31. The number of nitrogens with one attached hydrogen (secondary N) is 2. The summed E-state index contributed by atoms with van der Waals surface area (Å²) in [4.78, 5) is 17.5. The maximum Gasteiger partial charge on any atom is 0.225 e. The Bertz CT molecular complexity index is 556. The molecule has 0 saturated heterocycles. The fraction of sp³-hybridized carbons (Fsp3) is 0.833. The molecule has 0 spiro atoms. The van der Waals surface area contributed by atoms with E-state index < -0.39 is 0 Å². The van der Waals surface area contributed by atoms with Gasteiger partial charge in [-0.05, 0) is 64.5 Å². The van der Waals surface area contributed by atoms with Crippen LogP contribution in [0.3, 0.4) is 0 Å². The monoisotopic (exact) mass is 437 g/mol. The summed E-state index contributed by atoms with van der Waals surface area (Å²) in [6.45, 7) is 9.22. The summed E-state index contributed by atoms with van der Waals surface area (Å²) in [6, 6.07) is 0. The highest BCUT2D eigenvalue weighted by atomic mass is 16.5. The molecule has 0 aromatic rings. The van der Waals surface area contributed by atoms with Gasteiger partial charge in [0.15, 0.2) is 0 Å². The number of likely N-dealkylation sites (N-methyl/N-ethyl adjacent to an activating group) is 2. The lowest BCUT2D eigenvalue weighted by Gasteiger charge is -2.33. The van der Waals surface area contributed by atoms with Crippen molar-refractivity contribution in [3.8, 4) is 0 Å². The molecule has 4 N–H and O–H groups in total. The van der Waals surface area contributed by atoms with Gasteiger partial charge < -0.3 is 31.0 Å². The zero-order valence-electron chi connectivity index (χ0n) is 20.6. The predicted molar refractivity (Wildman–Crippen MR) is 129 cm³/mol. The van der Waals surface area contributed by atoms with Crippen LogP contribution < -0.4 is 11.1 Å². The molecule has 1 amide bonds. The van der Waals surface area contributed by atoms with E-state index in [0.717, 1.165) is 76.0 Å². The first-order valence-electron chi connectivity index (χ1n) is 11.9. The van der Waals surface area contributed by atoms with E-state index in [1.54, 1.807) is 7.11 Å². The summed E-state index contributed by atoms with van der Waals surface area (Å²) in [7, 11) is 5.70. The summed E-state index contributed by atoms with van der Waals surface area (Å²) >= 11 is 0. The van der Waals surface area contributed by atoms with Gasteiger partial charge in [-0.3, -0.25) is 4.79 Å². The number of nitrogens with two attached hydrogens (primary N) is 1. The highest BCUT2D eigenvalue weighted by Crippen LogP contribution is 2.33. The summed E-state index contributed by atoms with van der Waals surface area (Å²) in [6.07, 6.45) is 6.95. The molecule has 7 nitrogen and oxygen atoms in total. The van der Waals surface area contributed by atoms with E-state index >= 15 is 0 Å².